The molecular weight excluding hydrogens is 306 g/mol. The van der Waals surface area contributed by atoms with Crippen LogP contribution in [0.15, 0.2) is 30.5 Å². The summed E-state index contributed by atoms with van der Waals surface area (Å²) in [6.45, 7) is 7.86. The average molecular weight is 329 g/mol. The van der Waals surface area contributed by atoms with E-state index in [4.69, 9.17) is 0 Å². The Balaban J connectivity index is 2.60. The zero-order chi connectivity index (χ0) is 18.0. The van der Waals surface area contributed by atoms with E-state index in [0.717, 1.165) is 0 Å². The second-order valence-electron chi connectivity index (χ2n) is 6.32. The number of aromatic nitrogens is 2. The van der Waals surface area contributed by atoms with Gasteiger partial charge in [-0.25, -0.2) is 4.79 Å². The molecule has 2 rings (SSSR count). The molecule has 0 spiro atoms. The van der Waals surface area contributed by atoms with E-state index in [1.54, 1.807) is 42.4 Å². The number of carbonyl (C=O) groups is 2. The van der Waals surface area contributed by atoms with Crippen LogP contribution in [0.1, 0.15) is 48.5 Å². The molecule has 0 aliphatic carbocycles. The highest BCUT2D eigenvalue weighted by molar-refractivity contribution is 6.04. The van der Waals surface area contributed by atoms with E-state index in [0.29, 0.717) is 16.7 Å². The first-order chi connectivity index (χ1) is 11.2. The summed E-state index contributed by atoms with van der Waals surface area (Å²) >= 11 is 0. The minimum Gasteiger partial charge on any atom is -0.476 e. The number of carboxylic acid groups (broad SMARTS) is 1. The SMILES string of the molecule is CC(C)N(C(=O)c1ccccc1-c1cn(C)nc1C(=O)O)C(C)C. The highest BCUT2D eigenvalue weighted by atomic mass is 16.4. The summed E-state index contributed by atoms with van der Waals surface area (Å²) in [5.74, 6) is -1.23. The molecule has 128 valence electrons. The van der Waals surface area contributed by atoms with E-state index in [1.807, 2.05) is 27.7 Å². The van der Waals surface area contributed by atoms with Crippen molar-refractivity contribution in [3.63, 3.8) is 0 Å². The molecule has 0 aliphatic rings. The maximum Gasteiger partial charge on any atom is 0.357 e. The van der Waals surface area contributed by atoms with Crippen LogP contribution in [-0.2, 0) is 7.05 Å². The van der Waals surface area contributed by atoms with Crippen LogP contribution in [0.25, 0.3) is 11.1 Å². The molecule has 6 nitrogen and oxygen atoms in total. The van der Waals surface area contributed by atoms with Crippen molar-refractivity contribution in [3.8, 4) is 11.1 Å². The minimum absolute atomic E-state index is 0.0402. The van der Waals surface area contributed by atoms with Crippen LogP contribution in [0.2, 0.25) is 0 Å². The summed E-state index contributed by atoms with van der Waals surface area (Å²) in [6, 6.07) is 7.15. The third-order valence-corrected chi connectivity index (χ3v) is 3.83. The maximum absolute atomic E-state index is 13.1. The number of nitrogens with zero attached hydrogens (tertiary/aromatic N) is 3. The highest BCUT2D eigenvalue weighted by Crippen LogP contribution is 2.28. The van der Waals surface area contributed by atoms with Gasteiger partial charge < -0.3 is 10.0 Å². The van der Waals surface area contributed by atoms with Gasteiger partial charge in [0.1, 0.15) is 0 Å². The summed E-state index contributed by atoms with van der Waals surface area (Å²) in [7, 11) is 1.66. The van der Waals surface area contributed by atoms with Crippen LogP contribution in [0.4, 0.5) is 0 Å². The standard InChI is InChI=1S/C18H23N3O3/c1-11(2)21(12(3)4)17(22)14-9-7-6-8-13(14)15-10-20(5)19-16(15)18(23)24/h6-12H,1-5H3,(H,23,24). The van der Waals surface area contributed by atoms with Gasteiger partial charge in [0, 0.05) is 36.5 Å². The fourth-order valence-electron chi connectivity index (χ4n) is 2.95. The van der Waals surface area contributed by atoms with E-state index in [-0.39, 0.29) is 23.7 Å². The Bertz CT molecular complexity index is 755. The summed E-state index contributed by atoms with van der Waals surface area (Å²) in [5.41, 5.74) is 1.45. The fourth-order valence-corrected chi connectivity index (χ4v) is 2.95. The van der Waals surface area contributed by atoms with Gasteiger partial charge in [0.15, 0.2) is 5.69 Å². The van der Waals surface area contributed by atoms with Crippen LogP contribution < -0.4 is 0 Å². The molecule has 0 saturated carbocycles. The number of carbonyl (C=O) groups excluding carboxylic acids is 1. The van der Waals surface area contributed by atoms with Crippen molar-refractivity contribution in [3.05, 3.63) is 41.7 Å². The number of amides is 1. The lowest BCUT2D eigenvalue weighted by Crippen LogP contribution is -2.42. The average Bonchev–Trinajstić information content (AvgIpc) is 2.88. The molecule has 2 aromatic rings. The van der Waals surface area contributed by atoms with Gasteiger partial charge in [0.2, 0.25) is 0 Å². The quantitative estimate of drug-likeness (QED) is 0.915. The molecule has 0 bridgehead atoms. The third kappa shape index (κ3) is 3.32. The van der Waals surface area contributed by atoms with Crippen molar-refractivity contribution < 1.29 is 14.7 Å². The summed E-state index contributed by atoms with van der Waals surface area (Å²) in [4.78, 5) is 26.3. The summed E-state index contributed by atoms with van der Waals surface area (Å²) < 4.78 is 1.45. The predicted molar refractivity (Wildman–Crippen MR) is 92.0 cm³/mol. The van der Waals surface area contributed by atoms with Gasteiger partial charge in [0.25, 0.3) is 5.91 Å². The second kappa shape index (κ2) is 6.86. The Labute approximate surface area is 141 Å². The molecule has 0 fully saturated rings. The number of aryl methyl sites for hydroxylation is 1. The molecule has 1 aromatic carbocycles. The Hall–Kier alpha value is -2.63. The number of rotatable bonds is 5. The van der Waals surface area contributed by atoms with Crippen LogP contribution in [-0.4, -0.2) is 43.7 Å². The number of hydrogen-bond donors (Lipinski definition) is 1. The molecule has 1 heterocycles. The second-order valence-corrected chi connectivity index (χ2v) is 6.32. The van der Waals surface area contributed by atoms with Gasteiger partial charge in [-0.15, -0.1) is 0 Å². The van der Waals surface area contributed by atoms with Crippen molar-refractivity contribution in [2.24, 2.45) is 7.05 Å². The molecule has 6 heteroatoms. The molecule has 0 saturated heterocycles. The molecular formula is C18H23N3O3. The lowest BCUT2D eigenvalue weighted by atomic mass is 9.98. The van der Waals surface area contributed by atoms with Crippen molar-refractivity contribution in [1.29, 1.82) is 0 Å². The van der Waals surface area contributed by atoms with Crippen LogP contribution >= 0.6 is 0 Å². The first-order valence-corrected chi connectivity index (χ1v) is 7.93. The lowest BCUT2D eigenvalue weighted by Gasteiger charge is -2.31. The van der Waals surface area contributed by atoms with E-state index in [1.165, 1.54) is 4.68 Å². The predicted octanol–water partition coefficient (Wildman–Crippen LogP) is 3.04. The van der Waals surface area contributed by atoms with Crippen LogP contribution in [0.5, 0.6) is 0 Å². The van der Waals surface area contributed by atoms with Gasteiger partial charge in [-0.05, 0) is 39.3 Å². The lowest BCUT2D eigenvalue weighted by molar-refractivity contribution is 0.0641. The van der Waals surface area contributed by atoms with E-state index in [9.17, 15) is 14.7 Å². The first kappa shape index (κ1) is 17.7. The zero-order valence-corrected chi connectivity index (χ0v) is 14.6. The van der Waals surface area contributed by atoms with Crippen molar-refractivity contribution in [2.45, 2.75) is 39.8 Å². The summed E-state index contributed by atoms with van der Waals surface area (Å²) in [5, 5.41) is 13.4. The number of benzene rings is 1. The van der Waals surface area contributed by atoms with Crippen molar-refractivity contribution in [2.75, 3.05) is 0 Å². The van der Waals surface area contributed by atoms with Gasteiger partial charge in [-0.3, -0.25) is 9.48 Å². The number of aromatic carboxylic acids is 1. The van der Waals surface area contributed by atoms with Gasteiger partial charge in [-0.2, -0.15) is 5.10 Å². The largest absolute Gasteiger partial charge is 0.476 e. The normalized spacial score (nSPS) is 11.1. The molecule has 24 heavy (non-hydrogen) atoms. The topological polar surface area (TPSA) is 75.4 Å². The Kier molecular flexibility index (Phi) is 5.07. The summed E-state index contributed by atoms with van der Waals surface area (Å²) in [6.07, 6.45) is 1.63. The molecule has 1 amide bonds. The van der Waals surface area contributed by atoms with E-state index < -0.39 is 5.97 Å². The zero-order valence-electron chi connectivity index (χ0n) is 14.6. The minimum atomic E-state index is -1.11. The van der Waals surface area contributed by atoms with Crippen LogP contribution in [0, 0.1) is 0 Å². The monoisotopic (exact) mass is 329 g/mol. The Morgan fingerprint density at radius 2 is 1.67 bits per heavy atom. The fraction of sp³-hybridized carbons (Fsp3) is 0.389. The smallest absolute Gasteiger partial charge is 0.357 e. The Morgan fingerprint density at radius 3 is 2.21 bits per heavy atom. The van der Waals surface area contributed by atoms with Gasteiger partial charge in [-0.1, -0.05) is 18.2 Å². The van der Waals surface area contributed by atoms with Gasteiger partial charge in [0.05, 0.1) is 0 Å². The van der Waals surface area contributed by atoms with Crippen molar-refractivity contribution in [1.82, 2.24) is 14.7 Å². The molecule has 1 aromatic heterocycles. The Morgan fingerprint density at radius 1 is 1.08 bits per heavy atom. The maximum atomic E-state index is 13.1. The van der Waals surface area contributed by atoms with Crippen LogP contribution in [0.3, 0.4) is 0 Å². The van der Waals surface area contributed by atoms with Crippen molar-refractivity contribution >= 4 is 11.9 Å². The molecule has 0 atom stereocenters. The molecule has 0 unspecified atom stereocenters. The molecule has 1 N–H and O–H groups in total. The van der Waals surface area contributed by atoms with Gasteiger partial charge >= 0.3 is 5.97 Å². The highest BCUT2D eigenvalue weighted by Gasteiger charge is 2.26. The third-order valence-electron chi connectivity index (χ3n) is 3.83. The molecule has 0 radical (unpaired) electrons. The first-order valence-electron chi connectivity index (χ1n) is 7.93. The number of carboxylic acids is 1. The molecule has 0 aliphatic heterocycles. The van der Waals surface area contributed by atoms with E-state index >= 15 is 0 Å². The number of hydrogen-bond acceptors (Lipinski definition) is 3. The van der Waals surface area contributed by atoms with E-state index in [2.05, 4.69) is 5.10 Å².